The van der Waals surface area contributed by atoms with E-state index in [-0.39, 0.29) is 56.3 Å². The molecule has 2 aromatic carbocycles. The molecule has 4 amide bonds. The van der Waals surface area contributed by atoms with E-state index in [0.29, 0.717) is 12.1 Å². The molecule has 0 bridgehead atoms. The topological polar surface area (TPSA) is 199 Å². The van der Waals surface area contributed by atoms with E-state index in [9.17, 15) is 29.1 Å². The van der Waals surface area contributed by atoms with Gasteiger partial charge in [0.25, 0.3) is 0 Å². The van der Waals surface area contributed by atoms with Crippen LogP contribution in [0.25, 0.3) is 0 Å². The minimum absolute atomic E-state index is 0.0117. The number of aliphatic carboxylic acids is 1. The molecule has 0 saturated heterocycles. The number of hydrogen-bond donors (Lipinski definition) is 5. The second-order valence-corrected chi connectivity index (χ2v) is 11.0. The van der Waals surface area contributed by atoms with E-state index in [0.717, 1.165) is 11.1 Å². The van der Waals surface area contributed by atoms with Crippen molar-refractivity contribution in [2.75, 3.05) is 4.90 Å². The maximum absolute atomic E-state index is 14.2. The summed E-state index contributed by atoms with van der Waals surface area (Å²) in [5, 5.41) is 31.1. The second kappa shape index (κ2) is 15.5. The Morgan fingerprint density at radius 2 is 1.78 bits per heavy atom. The quantitative estimate of drug-likeness (QED) is 0.166. The van der Waals surface area contributed by atoms with Crippen LogP contribution < -0.4 is 20.9 Å². The molecule has 1 aliphatic heterocycles. The van der Waals surface area contributed by atoms with Crippen LogP contribution in [0.2, 0.25) is 0 Å². The summed E-state index contributed by atoms with van der Waals surface area (Å²) in [5.74, 6) is -2.96. The van der Waals surface area contributed by atoms with Gasteiger partial charge in [-0.15, -0.1) is 10.2 Å². The monoisotopic (exact) mass is 618 g/mol. The van der Waals surface area contributed by atoms with Gasteiger partial charge >= 0.3 is 5.97 Å². The SMILES string of the molecule is CCC(C)C(NC(=O)Cc1ccccc1)C(=O)NC(CCCC(=O)O)C(=O)N1c2ccccc2C[C@H]1C(=O)NCc1nn[nH]n1. The number of aromatic amines is 1. The zero-order valence-electron chi connectivity index (χ0n) is 25.2. The number of rotatable bonds is 15. The molecule has 5 N–H and O–H groups in total. The number of aromatic nitrogens is 4. The summed E-state index contributed by atoms with van der Waals surface area (Å²) in [6.07, 6.45) is 0.785. The lowest BCUT2D eigenvalue weighted by Crippen LogP contribution is -2.58. The summed E-state index contributed by atoms with van der Waals surface area (Å²) >= 11 is 0. The maximum Gasteiger partial charge on any atom is 0.303 e. The van der Waals surface area contributed by atoms with E-state index in [4.69, 9.17) is 0 Å². The number of fused-ring (bicyclic) bond motifs is 1. The van der Waals surface area contributed by atoms with Crippen molar-refractivity contribution in [2.24, 2.45) is 5.92 Å². The molecule has 14 heteroatoms. The van der Waals surface area contributed by atoms with Crippen LogP contribution in [-0.4, -0.2) is 73.5 Å². The number of carbonyl (C=O) groups excluding carboxylic acids is 4. The van der Waals surface area contributed by atoms with Crippen molar-refractivity contribution < 1.29 is 29.1 Å². The highest BCUT2D eigenvalue weighted by molar-refractivity contribution is 6.07. The fourth-order valence-corrected chi connectivity index (χ4v) is 5.26. The van der Waals surface area contributed by atoms with E-state index < -0.39 is 41.8 Å². The van der Waals surface area contributed by atoms with E-state index in [1.54, 1.807) is 12.1 Å². The van der Waals surface area contributed by atoms with E-state index in [1.807, 2.05) is 56.3 Å². The normalized spacial score (nSPS) is 15.8. The number of anilines is 1. The van der Waals surface area contributed by atoms with Gasteiger partial charge in [0, 0.05) is 18.5 Å². The summed E-state index contributed by atoms with van der Waals surface area (Å²) in [7, 11) is 0. The molecule has 4 atom stereocenters. The van der Waals surface area contributed by atoms with Gasteiger partial charge in [-0.25, -0.2) is 0 Å². The van der Waals surface area contributed by atoms with Gasteiger partial charge in [-0.1, -0.05) is 74.0 Å². The second-order valence-electron chi connectivity index (χ2n) is 11.0. The molecule has 3 unspecified atom stereocenters. The summed E-state index contributed by atoms with van der Waals surface area (Å²) in [4.78, 5) is 67.0. The smallest absolute Gasteiger partial charge is 0.303 e. The summed E-state index contributed by atoms with van der Waals surface area (Å²) < 4.78 is 0. The molecule has 1 aromatic heterocycles. The van der Waals surface area contributed by atoms with E-state index >= 15 is 0 Å². The minimum Gasteiger partial charge on any atom is -0.481 e. The molecule has 0 spiro atoms. The lowest BCUT2D eigenvalue weighted by molar-refractivity contribution is -0.137. The van der Waals surface area contributed by atoms with Gasteiger partial charge in [-0.05, 0) is 36.0 Å². The third kappa shape index (κ3) is 8.71. The molecular formula is C31H38N8O6. The number of carboxylic acid groups (broad SMARTS) is 1. The van der Waals surface area contributed by atoms with E-state index in [2.05, 4.69) is 36.6 Å². The van der Waals surface area contributed by atoms with Gasteiger partial charge in [0.05, 0.1) is 13.0 Å². The van der Waals surface area contributed by atoms with Gasteiger partial charge in [-0.3, -0.25) is 28.9 Å². The molecule has 238 valence electrons. The average Bonchev–Trinajstić information content (AvgIpc) is 3.70. The molecule has 2 heterocycles. The molecule has 4 rings (SSSR count). The molecule has 0 saturated carbocycles. The fraction of sp³-hybridized carbons (Fsp3) is 0.419. The summed E-state index contributed by atoms with van der Waals surface area (Å²) in [6.45, 7) is 3.71. The molecule has 1 aliphatic rings. The van der Waals surface area contributed by atoms with Crippen LogP contribution >= 0.6 is 0 Å². The zero-order chi connectivity index (χ0) is 32.3. The molecule has 0 radical (unpaired) electrons. The molecule has 0 aliphatic carbocycles. The van der Waals surface area contributed by atoms with Crippen LogP contribution in [0.1, 0.15) is 56.5 Å². The average molecular weight is 619 g/mol. The Morgan fingerprint density at radius 1 is 1.04 bits per heavy atom. The van der Waals surface area contributed by atoms with Crippen molar-refractivity contribution in [3.8, 4) is 0 Å². The van der Waals surface area contributed by atoms with E-state index in [1.165, 1.54) is 4.90 Å². The summed E-state index contributed by atoms with van der Waals surface area (Å²) in [5.41, 5.74) is 2.08. The van der Waals surface area contributed by atoms with Crippen LogP contribution in [-0.2, 0) is 43.4 Å². The lowest BCUT2D eigenvalue weighted by atomic mass is 9.97. The van der Waals surface area contributed by atoms with Crippen LogP contribution in [0.4, 0.5) is 5.69 Å². The van der Waals surface area contributed by atoms with Crippen LogP contribution in [0.5, 0.6) is 0 Å². The number of H-pyrrole nitrogens is 1. The van der Waals surface area contributed by atoms with Crippen molar-refractivity contribution in [3.63, 3.8) is 0 Å². The Balaban J connectivity index is 1.56. The first-order chi connectivity index (χ1) is 21.7. The zero-order valence-corrected chi connectivity index (χ0v) is 25.2. The number of benzene rings is 2. The Bertz CT molecular complexity index is 1480. The Hall–Kier alpha value is -5.14. The third-order valence-electron chi connectivity index (χ3n) is 7.84. The molecule has 45 heavy (non-hydrogen) atoms. The van der Waals surface area contributed by atoms with Crippen molar-refractivity contribution in [3.05, 3.63) is 71.5 Å². The third-order valence-corrected chi connectivity index (χ3v) is 7.84. The highest BCUT2D eigenvalue weighted by Gasteiger charge is 2.41. The van der Waals surface area contributed by atoms with Crippen molar-refractivity contribution in [1.82, 2.24) is 36.6 Å². The number of nitrogens with one attached hydrogen (secondary N) is 4. The number of carboxylic acids is 1. The largest absolute Gasteiger partial charge is 0.481 e. The Kier molecular flexibility index (Phi) is 11.3. The van der Waals surface area contributed by atoms with Crippen molar-refractivity contribution >= 4 is 35.3 Å². The predicted molar refractivity (Wildman–Crippen MR) is 162 cm³/mol. The van der Waals surface area contributed by atoms with Crippen LogP contribution in [0.3, 0.4) is 0 Å². The number of amides is 4. The van der Waals surface area contributed by atoms with Crippen molar-refractivity contribution in [1.29, 1.82) is 0 Å². The molecule has 0 fully saturated rings. The molecular weight excluding hydrogens is 580 g/mol. The Labute approximate surface area is 260 Å². The van der Waals surface area contributed by atoms with Crippen LogP contribution in [0.15, 0.2) is 54.6 Å². The first kappa shape index (κ1) is 32.8. The van der Waals surface area contributed by atoms with Crippen molar-refractivity contribution in [2.45, 2.75) is 77.0 Å². The number of tetrazole rings is 1. The number of hydrogen-bond acceptors (Lipinski definition) is 8. The number of nitrogens with zero attached hydrogens (tertiary/aromatic N) is 4. The predicted octanol–water partition coefficient (Wildman–Crippen LogP) is 1.29. The number of para-hydroxylation sites is 1. The van der Waals surface area contributed by atoms with Gasteiger partial charge < -0.3 is 21.1 Å². The lowest BCUT2D eigenvalue weighted by Gasteiger charge is -2.31. The molecule has 14 nitrogen and oxygen atoms in total. The minimum atomic E-state index is -1.16. The maximum atomic E-state index is 14.2. The molecule has 3 aromatic rings. The van der Waals surface area contributed by atoms with Gasteiger partial charge in [0.1, 0.15) is 18.1 Å². The number of carbonyl (C=O) groups is 5. The van der Waals surface area contributed by atoms with Gasteiger partial charge in [0.2, 0.25) is 23.6 Å². The highest BCUT2D eigenvalue weighted by Crippen LogP contribution is 2.33. The Morgan fingerprint density at radius 3 is 2.47 bits per heavy atom. The van der Waals surface area contributed by atoms with Gasteiger partial charge in [0.15, 0.2) is 5.82 Å². The standard InChI is InChI=1S/C31H38N8O6/c1-3-19(2)28(34-26(40)16-20-10-5-4-6-11-20)30(44)33-22(13-9-15-27(41)42)31(45)39-23-14-8-7-12-21(23)17-24(39)29(43)32-18-25-35-37-38-36-25/h4-8,10-12,14,19,22,24,28H,3,9,13,15-18H2,1-2H3,(H,32,43)(H,33,44)(H,34,40)(H,41,42)(H,35,36,37,38)/t19?,22?,24-,28?/m0/s1. The highest BCUT2D eigenvalue weighted by atomic mass is 16.4. The van der Waals surface area contributed by atoms with Gasteiger partial charge in [-0.2, -0.15) is 5.21 Å². The van der Waals surface area contributed by atoms with Crippen LogP contribution in [0, 0.1) is 5.92 Å². The fourth-order valence-electron chi connectivity index (χ4n) is 5.26. The first-order valence-corrected chi connectivity index (χ1v) is 14.9. The first-order valence-electron chi connectivity index (χ1n) is 14.9. The summed E-state index contributed by atoms with van der Waals surface area (Å²) in [6, 6.07) is 13.2.